The molecule has 1 spiro atoms. The Morgan fingerprint density at radius 1 is 1.13 bits per heavy atom. The zero-order chi connectivity index (χ0) is 33.4. The number of ether oxygens (including phenoxy) is 2. The topological polar surface area (TPSA) is 96.9 Å². The Labute approximate surface area is 271 Å². The number of nitrogens with one attached hydrogen (secondary N) is 1. The molecule has 1 aromatic heterocycles. The Kier molecular flexibility index (Phi) is 9.27. The molecule has 1 saturated carbocycles. The molecule has 0 bridgehead atoms. The highest BCUT2D eigenvalue weighted by Crippen LogP contribution is 2.52. The van der Waals surface area contributed by atoms with Gasteiger partial charge < -0.3 is 24.6 Å². The van der Waals surface area contributed by atoms with Gasteiger partial charge in [0.25, 0.3) is 0 Å². The van der Waals surface area contributed by atoms with Crippen molar-refractivity contribution in [2.24, 2.45) is 11.3 Å². The Balaban J connectivity index is 1.46. The second kappa shape index (κ2) is 12.7. The number of amides is 1. The molecule has 1 N–H and O–H groups in total. The van der Waals surface area contributed by atoms with E-state index in [-0.39, 0.29) is 35.2 Å². The van der Waals surface area contributed by atoms with E-state index in [1.807, 2.05) is 51.1 Å². The molecular formula is C33H40F3N5O4S. The number of halogens is 3. The average Bonchev–Trinajstić information content (AvgIpc) is 3.39. The molecule has 3 aromatic rings. The first-order valence-corrected chi connectivity index (χ1v) is 16.2. The number of nitrogens with zero attached hydrogens (tertiary/aromatic N) is 4. The van der Waals surface area contributed by atoms with E-state index in [2.05, 4.69) is 33.4 Å². The second-order valence-corrected chi connectivity index (χ2v) is 14.2. The van der Waals surface area contributed by atoms with Crippen LogP contribution in [0.4, 0.5) is 34.5 Å². The minimum atomic E-state index is -4.67. The van der Waals surface area contributed by atoms with E-state index in [1.54, 1.807) is 24.0 Å². The Bertz CT molecular complexity index is 1570. The third-order valence-corrected chi connectivity index (χ3v) is 8.64. The summed E-state index contributed by atoms with van der Waals surface area (Å²) in [5, 5.41) is 3.12. The molecule has 0 unspecified atom stereocenters. The standard InChI is InChI=1S/C33H40F3N5O4S/c1-7-44-27(42)24-11-9-8-10-23(24)21-12-13-26(25(14-21)37-29-38-28(39-46-29)33(34,35)36)41(17-20(2)3)22-15-32(16-22)18-40(19-32)30(43)45-31(4,5)6/h8-14,20,22H,7,15-19H2,1-6H3,(H,37,38,39). The van der Waals surface area contributed by atoms with Crippen LogP contribution in [-0.2, 0) is 15.7 Å². The van der Waals surface area contributed by atoms with E-state index in [0.717, 1.165) is 18.5 Å². The summed E-state index contributed by atoms with van der Waals surface area (Å²) in [5.41, 5.74) is 2.53. The van der Waals surface area contributed by atoms with Gasteiger partial charge in [-0.2, -0.15) is 22.5 Å². The lowest BCUT2D eigenvalue weighted by molar-refractivity contribution is -0.144. The number of hydrogen-bond donors (Lipinski definition) is 1. The first-order chi connectivity index (χ1) is 21.6. The lowest BCUT2D eigenvalue weighted by atomic mass is 9.60. The van der Waals surface area contributed by atoms with Crippen LogP contribution < -0.4 is 10.2 Å². The summed E-state index contributed by atoms with van der Waals surface area (Å²) in [4.78, 5) is 33.1. The van der Waals surface area contributed by atoms with Gasteiger partial charge in [-0.25, -0.2) is 9.59 Å². The van der Waals surface area contributed by atoms with E-state index in [4.69, 9.17) is 9.47 Å². The van der Waals surface area contributed by atoms with E-state index in [0.29, 0.717) is 53.5 Å². The van der Waals surface area contributed by atoms with E-state index in [9.17, 15) is 22.8 Å². The fourth-order valence-electron chi connectivity index (χ4n) is 6.16. The molecular weight excluding hydrogens is 619 g/mol. The molecule has 1 aliphatic heterocycles. The predicted octanol–water partition coefficient (Wildman–Crippen LogP) is 8.01. The summed E-state index contributed by atoms with van der Waals surface area (Å²) in [5.74, 6) is -1.38. The van der Waals surface area contributed by atoms with Gasteiger partial charge in [-0.15, -0.1) is 0 Å². The number of benzene rings is 2. The van der Waals surface area contributed by atoms with Crippen molar-refractivity contribution in [3.05, 3.63) is 53.9 Å². The highest BCUT2D eigenvalue weighted by Gasteiger charge is 2.56. The van der Waals surface area contributed by atoms with Crippen LogP contribution in [0.5, 0.6) is 0 Å². The lowest BCUT2D eigenvalue weighted by Gasteiger charge is -2.61. The van der Waals surface area contributed by atoms with Crippen molar-refractivity contribution in [2.75, 3.05) is 36.5 Å². The van der Waals surface area contributed by atoms with Gasteiger partial charge in [0.15, 0.2) is 0 Å². The number of anilines is 3. The molecule has 2 aliphatic rings. The minimum Gasteiger partial charge on any atom is -0.462 e. The maximum absolute atomic E-state index is 13.4. The summed E-state index contributed by atoms with van der Waals surface area (Å²) in [7, 11) is 0. The quantitative estimate of drug-likeness (QED) is 0.231. The van der Waals surface area contributed by atoms with Crippen molar-refractivity contribution >= 4 is 40.1 Å². The molecule has 2 aromatic carbocycles. The van der Waals surface area contributed by atoms with Crippen molar-refractivity contribution in [1.29, 1.82) is 0 Å². The first-order valence-electron chi connectivity index (χ1n) is 15.4. The number of esters is 1. The molecule has 2 heterocycles. The van der Waals surface area contributed by atoms with Gasteiger partial charge >= 0.3 is 18.2 Å². The normalized spacial score (nSPS) is 16.2. The van der Waals surface area contributed by atoms with Gasteiger partial charge in [0.1, 0.15) is 5.60 Å². The van der Waals surface area contributed by atoms with Crippen LogP contribution in [0.3, 0.4) is 0 Å². The van der Waals surface area contributed by atoms with Crippen molar-refractivity contribution in [3.8, 4) is 11.1 Å². The Morgan fingerprint density at radius 3 is 2.43 bits per heavy atom. The average molecular weight is 660 g/mol. The van der Waals surface area contributed by atoms with Crippen molar-refractivity contribution in [1.82, 2.24) is 14.3 Å². The molecule has 0 radical (unpaired) electrons. The summed E-state index contributed by atoms with van der Waals surface area (Å²) in [6.45, 7) is 13.7. The number of likely N-dealkylation sites (tertiary alicyclic amines) is 1. The summed E-state index contributed by atoms with van der Waals surface area (Å²) >= 11 is 0.635. The molecule has 1 amide bonds. The molecule has 2 fully saturated rings. The van der Waals surface area contributed by atoms with Gasteiger partial charge in [0, 0.05) is 42.6 Å². The van der Waals surface area contributed by atoms with Crippen LogP contribution in [-0.4, -0.2) is 64.2 Å². The maximum Gasteiger partial charge on any atom is 0.452 e. The fourth-order valence-corrected chi connectivity index (χ4v) is 6.76. The zero-order valence-corrected chi connectivity index (χ0v) is 27.7. The van der Waals surface area contributed by atoms with Crippen LogP contribution in [0.15, 0.2) is 42.5 Å². The van der Waals surface area contributed by atoms with Crippen molar-refractivity contribution < 1.29 is 32.2 Å². The van der Waals surface area contributed by atoms with E-state index in [1.165, 1.54) is 0 Å². The highest BCUT2D eigenvalue weighted by atomic mass is 32.1. The molecule has 13 heteroatoms. The minimum absolute atomic E-state index is 0.00553. The van der Waals surface area contributed by atoms with Crippen LogP contribution in [0.1, 0.15) is 70.6 Å². The molecule has 1 saturated heterocycles. The van der Waals surface area contributed by atoms with E-state index >= 15 is 0 Å². The lowest BCUT2D eigenvalue weighted by Crippen LogP contribution is -2.68. The van der Waals surface area contributed by atoms with Crippen LogP contribution in [0.25, 0.3) is 11.1 Å². The molecule has 248 valence electrons. The molecule has 5 rings (SSSR count). The van der Waals surface area contributed by atoms with Gasteiger partial charge in [0.05, 0.1) is 23.5 Å². The van der Waals surface area contributed by atoms with Crippen molar-refractivity contribution in [3.63, 3.8) is 0 Å². The molecule has 1 aliphatic carbocycles. The summed E-state index contributed by atoms with van der Waals surface area (Å²) < 4.78 is 54.4. The monoisotopic (exact) mass is 659 g/mol. The fraction of sp³-hybridized carbons (Fsp3) is 0.515. The number of aromatic nitrogens is 2. The summed E-state index contributed by atoms with van der Waals surface area (Å²) in [6, 6.07) is 12.9. The summed E-state index contributed by atoms with van der Waals surface area (Å²) in [6.07, 6.45) is -3.24. The molecule has 9 nitrogen and oxygen atoms in total. The third kappa shape index (κ3) is 7.40. The van der Waals surface area contributed by atoms with Gasteiger partial charge in [-0.3, -0.25) is 0 Å². The van der Waals surface area contributed by atoms with Gasteiger partial charge in [-0.05, 0) is 75.8 Å². The SMILES string of the molecule is CCOC(=O)c1ccccc1-c1ccc(N(CC(C)C)C2CC3(C2)CN(C(=O)OC(C)(C)C)C3)c(Nc2nc(C(F)(F)F)ns2)c1. The number of carbonyl (C=O) groups excluding carboxylic acids is 2. The number of carbonyl (C=O) groups is 2. The smallest absolute Gasteiger partial charge is 0.452 e. The zero-order valence-electron chi connectivity index (χ0n) is 26.9. The Hall–Kier alpha value is -3.87. The Morgan fingerprint density at radius 2 is 1.83 bits per heavy atom. The van der Waals surface area contributed by atoms with Crippen LogP contribution in [0, 0.1) is 11.3 Å². The van der Waals surface area contributed by atoms with Gasteiger partial charge in [-0.1, -0.05) is 38.1 Å². The van der Waals surface area contributed by atoms with Crippen LogP contribution in [0.2, 0.25) is 0 Å². The predicted molar refractivity (Wildman–Crippen MR) is 171 cm³/mol. The van der Waals surface area contributed by atoms with Crippen LogP contribution >= 0.6 is 11.5 Å². The van der Waals surface area contributed by atoms with Gasteiger partial charge in [0.2, 0.25) is 11.0 Å². The highest BCUT2D eigenvalue weighted by molar-refractivity contribution is 7.09. The van der Waals surface area contributed by atoms with E-state index < -0.39 is 23.6 Å². The third-order valence-electron chi connectivity index (χ3n) is 8.00. The second-order valence-electron chi connectivity index (χ2n) is 13.5. The first kappa shape index (κ1) is 33.5. The maximum atomic E-state index is 13.4. The number of hydrogen-bond acceptors (Lipinski definition) is 9. The largest absolute Gasteiger partial charge is 0.462 e. The molecule has 46 heavy (non-hydrogen) atoms. The number of alkyl halides is 3. The number of rotatable bonds is 9. The molecule has 0 atom stereocenters. The van der Waals surface area contributed by atoms with Crippen molar-refractivity contribution in [2.45, 2.75) is 72.2 Å².